The van der Waals surface area contributed by atoms with Gasteiger partial charge in [-0.25, -0.2) is 9.50 Å². The van der Waals surface area contributed by atoms with Crippen LogP contribution >= 0.6 is 0 Å². The Balaban J connectivity index is 1.90. The van der Waals surface area contributed by atoms with E-state index in [9.17, 15) is 0 Å². The summed E-state index contributed by atoms with van der Waals surface area (Å²) in [7, 11) is 0. The molecule has 21 heavy (non-hydrogen) atoms. The number of nitrogens with one attached hydrogen (secondary N) is 1. The van der Waals surface area contributed by atoms with Crippen molar-refractivity contribution in [1.82, 2.24) is 24.8 Å². The molecule has 0 unspecified atom stereocenters. The minimum Gasteiger partial charge on any atom is -0.285 e. The van der Waals surface area contributed by atoms with Gasteiger partial charge in [0.15, 0.2) is 0 Å². The molecule has 1 aliphatic heterocycles. The summed E-state index contributed by atoms with van der Waals surface area (Å²) in [6, 6.07) is 1.95. The van der Waals surface area contributed by atoms with E-state index in [1.807, 2.05) is 23.0 Å². The van der Waals surface area contributed by atoms with Crippen LogP contribution in [-0.2, 0) is 0 Å². The fraction of sp³-hybridized carbons (Fsp3) is 0.200. The van der Waals surface area contributed by atoms with Gasteiger partial charge in [0, 0.05) is 11.8 Å². The van der Waals surface area contributed by atoms with Crippen LogP contribution < -0.4 is 0 Å². The number of aliphatic imine (C=N–C) groups is 1. The van der Waals surface area contributed by atoms with Gasteiger partial charge in [0.05, 0.1) is 42.1 Å². The maximum absolute atomic E-state index is 4.77. The number of allylic oxidation sites excluding steroid dienone is 1. The molecule has 4 rings (SSSR count). The molecule has 0 spiro atoms. The van der Waals surface area contributed by atoms with Crippen molar-refractivity contribution < 1.29 is 0 Å². The second-order valence-corrected chi connectivity index (χ2v) is 4.98. The predicted molar refractivity (Wildman–Crippen MR) is 80.3 cm³/mol. The van der Waals surface area contributed by atoms with Crippen molar-refractivity contribution in [3.8, 4) is 11.3 Å². The molecule has 1 aliphatic rings. The summed E-state index contributed by atoms with van der Waals surface area (Å²) in [5.74, 6) is 0. The molecular formula is C15H14N6. The molecule has 1 N–H and O–H groups in total. The SMILES string of the molecule is CCC1=CC(c2cn3nccc3c(-c3cn[nH]c3)n2)=NC1. The van der Waals surface area contributed by atoms with Crippen LogP contribution in [0.15, 0.2) is 47.5 Å². The first-order valence-electron chi connectivity index (χ1n) is 6.93. The Kier molecular flexibility index (Phi) is 2.67. The Morgan fingerprint density at radius 3 is 3.10 bits per heavy atom. The lowest BCUT2D eigenvalue weighted by Crippen LogP contribution is -2.04. The third-order valence-corrected chi connectivity index (χ3v) is 3.67. The van der Waals surface area contributed by atoms with Crippen LogP contribution in [0.25, 0.3) is 16.8 Å². The highest BCUT2D eigenvalue weighted by molar-refractivity contribution is 6.09. The average Bonchev–Trinajstić information content (AvgIpc) is 3.25. The highest BCUT2D eigenvalue weighted by atomic mass is 15.2. The summed E-state index contributed by atoms with van der Waals surface area (Å²) in [6.45, 7) is 2.91. The Labute approximate surface area is 121 Å². The average molecular weight is 278 g/mol. The highest BCUT2D eigenvalue weighted by Crippen LogP contribution is 2.23. The van der Waals surface area contributed by atoms with Gasteiger partial charge in [0.25, 0.3) is 0 Å². The van der Waals surface area contributed by atoms with Crippen molar-refractivity contribution in [2.24, 2.45) is 4.99 Å². The van der Waals surface area contributed by atoms with E-state index in [2.05, 4.69) is 33.3 Å². The van der Waals surface area contributed by atoms with Crippen LogP contribution in [0.2, 0.25) is 0 Å². The lowest BCUT2D eigenvalue weighted by Gasteiger charge is -2.05. The second kappa shape index (κ2) is 4.66. The molecule has 0 saturated heterocycles. The van der Waals surface area contributed by atoms with Gasteiger partial charge in [-0.05, 0) is 24.1 Å². The van der Waals surface area contributed by atoms with E-state index in [0.29, 0.717) is 0 Å². The molecule has 0 aliphatic carbocycles. The van der Waals surface area contributed by atoms with Gasteiger partial charge in [-0.2, -0.15) is 10.2 Å². The number of H-pyrrole nitrogens is 1. The minimum absolute atomic E-state index is 0.770. The Morgan fingerprint density at radius 1 is 1.38 bits per heavy atom. The third kappa shape index (κ3) is 1.96. The number of fused-ring (bicyclic) bond motifs is 1. The van der Waals surface area contributed by atoms with Crippen LogP contribution in [0, 0.1) is 0 Å². The van der Waals surface area contributed by atoms with E-state index in [4.69, 9.17) is 4.98 Å². The fourth-order valence-electron chi connectivity index (χ4n) is 2.48. The molecule has 0 atom stereocenters. The normalized spacial score (nSPS) is 14.5. The summed E-state index contributed by atoms with van der Waals surface area (Å²) in [6.07, 6.45) is 10.4. The molecule has 0 amide bonds. The first-order valence-corrected chi connectivity index (χ1v) is 6.93. The minimum atomic E-state index is 0.770. The summed E-state index contributed by atoms with van der Waals surface area (Å²) in [5.41, 5.74) is 5.86. The van der Waals surface area contributed by atoms with Gasteiger partial charge < -0.3 is 0 Å². The third-order valence-electron chi connectivity index (χ3n) is 3.67. The van der Waals surface area contributed by atoms with Gasteiger partial charge in [0.1, 0.15) is 5.69 Å². The summed E-state index contributed by atoms with van der Waals surface area (Å²) in [4.78, 5) is 9.34. The van der Waals surface area contributed by atoms with Gasteiger partial charge in [0.2, 0.25) is 0 Å². The number of aromatic amines is 1. The molecule has 0 radical (unpaired) electrons. The first-order chi connectivity index (χ1) is 10.3. The van der Waals surface area contributed by atoms with Crippen molar-refractivity contribution in [1.29, 1.82) is 0 Å². The quantitative estimate of drug-likeness (QED) is 0.798. The van der Waals surface area contributed by atoms with Gasteiger partial charge >= 0.3 is 0 Å². The van der Waals surface area contributed by atoms with Crippen molar-refractivity contribution in [2.45, 2.75) is 13.3 Å². The largest absolute Gasteiger partial charge is 0.285 e. The first kappa shape index (κ1) is 12.0. The van der Waals surface area contributed by atoms with Crippen LogP contribution in [0.3, 0.4) is 0 Å². The molecule has 0 saturated carbocycles. The number of hydrogen-bond acceptors (Lipinski definition) is 4. The summed E-state index contributed by atoms with van der Waals surface area (Å²) >= 11 is 0. The molecule has 6 heteroatoms. The van der Waals surface area contributed by atoms with Crippen LogP contribution in [0.1, 0.15) is 19.0 Å². The topological polar surface area (TPSA) is 71.2 Å². The lowest BCUT2D eigenvalue weighted by atomic mass is 10.1. The van der Waals surface area contributed by atoms with E-state index in [0.717, 1.165) is 41.1 Å². The van der Waals surface area contributed by atoms with Crippen molar-refractivity contribution in [3.05, 3.63) is 48.2 Å². The van der Waals surface area contributed by atoms with Crippen molar-refractivity contribution in [2.75, 3.05) is 6.54 Å². The number of nitrogens with zero attached hydrogens (tertiary/aromatic N) is 5. The zero-order valence-corrected chi connectivity index (χ0v) is 11.6. The fourth-order valence-corrected chi connectivity index (χ4v) is 2.48. The maximum Gasteiger partial charge on any atom is 0.107 e. The molecule has 3 aromatic rings. The van der Waals surface area contributed by atoms with E-state index < -0.39 is 0 Å². The predicted octanol–water partition coefficient (Wildman–Crippen LogP) is 2.26. The van der Waals surface area contributed by atoms with Crippen LogP contribution in [0.5, 0.6) is 0 Å². The van der Waals surface area contributed by atoms with Crippen molar-refractivity contribution >= 4 is 11.2 Å². The Bertz CT molecular complexity index is 854. The molecule has 3 aromatic heterocycles. The smallest absolute Gasteiger partial charge is 0.107 e. The van der Waals surface area contributed by atoms with E-state index >= 15 is 0 Å². The van der Waals surface area contributed by atoms with Crippen LogP contribution in [0.4, 0.5) is 0 Å². The molecule has 0 aromatic carbocycles. The molecule has 0 fully saturated rings. The zero-order chi connectivity index (χ0) is 14.2. The van der Waals surface area contributed by atoms with Crippen LogP contribution in [-0.4, -0.2) is 37.1 Å². The monoisotopic (exact) mass is 278 g/mol. The summed E-state index contributed by atoms with van der Waals surface area (Å²) < 4.78 is 1.84. The highest BCUT2D eigenvalue weighted by Gasteiger charge is 2.15. The lowest BCUT2D eigenvalue weighted by molar-refractivity contribution is 0.943. The molecular weight excluding hydrogens is 264 g/mol. The van der Waals surface area contributed by atoms with Gasteiger partial charge in [-0.15, -0.1) is 0 Å². The number of aromatic nitrogens is 5. The molecule has 0 bridgehead atoms. The number of hydrogen-bond donors (Lipinski definition) is 1. The Morgan fingerprint density at radius 2 is 2.33 bits per heavy atom. The van der Waals surface area contributed by atoms with Crippen molar-refractivity contribution in [3.63, 3.8) is 0 Å². The second-order valence-electron chi connectivity index (χ2n) is 4.98. The van der Waals surface area contributed by atoms with Gasteiger partial charge in [-0.1, -0.05) is 6.92 Å². The van der Waals surface area contributed by atoms with E-state index in [1.54, 1.807) is 12.4 Å². The molecule has 6 nitrogen and oxygen atoms in total. The molecule has 104 valence electrons. The standard InChI is InChI=1S/C15H14N6/c1-2-10-5-12(16-6-10)13-9-21-14(3-4-19-21)15(20-13)11-7-17-18-8-11/h3-5,7-9H,2,6H2,1H3,(H,17,18). The number of rotatable bonds is 3. The molecule has 4 heterocycles. The maximum atomic E-state index is 4.77. The van der Waals surface area contributed by atoms with E-state index in [-0.39, 0.29) is 0 Å². The zero-order valence-electron chi connectivity index (χ0n) is 11.6. The Hall–Kier alpha value is -2.76. The van der Waals surface area contributed by atoms with E-state index in [1.165, 1.54) is 5.57 Å². The summed E-state index contributed by atoms with van der Waals surface area (Å²) in [5, 5.41) is 11.2. The van der Waals surface area contributed by atoms with Gasteiger partial charge in [-0.3, -0.25) is 10.1 Å².